The van der Waals surface area contributed by atoms with Gasteiger partial charge < -0.3 is 5.73 Å². The molecule has 0 saturated heterocycles. The fraction of sp³-hybridized carbons (Fsp3) is 0.154. The van der Waals surface area contributed by atoms with E-state index in [1.54, 1.807) is 36.5 Å². The normalized spacial score (nSPS) is 11.7. The lowest BCUT2D eigenvalue weighted by atomic mass is 10.1. The Hall–Kier alpha value is -1.92. The van der Waals surface area contributed by atoms with Crippen molar-refractivity contribution in [2.75, 3.05) is 19.8 Å². The van der Waals surface area contributed by atoms with Gasteiger partial charge >= 0.3 is 0 Å². The highest BCUT2D eigenvalue weighted by Gasteiger charge is 2.16. The second kappa shape index (κ2) is 4.99. The van der Waals surface area contributed by atoms with Crippen LogP contribution in [0.1, 0.15) is 0 Å². The van der Waals surface area contributed by atoms with E-state index in [1.165, 1.54) is 18.4 Å². The number of anilines is 1. The molecule has 1 aromatic heterocycles. The van der Waals surface area contributed by atoms with Crippen LogP contribution in [0.5, 0.6) is 0 Å². The molecule has 0 amide bonds. The van der Waals surface area contributed by atoms with Gasteiger partial charge in [0.15, 0.2) is 0 Å². The number of rotatable bonds is 3. The van der Waals surface area contributed by atoms with Crippen LogP contribution in [0.15, 0.2) is 47.5 Å². The van der Waals surface area contributed by atoms with Gasteiger partial charge in [0.25, 0.3) is 0 Å². The highest BCUT2D eigenvalue weighted by atomic mass is 32.2. The molecule has 2 aromatic rings. The SMILES string of the molecule is CN(C)S(=O)(=O)c1ccc(-c2ccc(N)nc2)cc1. The molecule has 0 aliphatic rings. The smallest absolute Gasteiger partial charge is 0.242 e. The molecule has 0 aliphatic heterocycles. The molecule has 1 aromatic carbocycles. The van der Waals surface area contributed by atoms with Crippen molar-refractivity contribution in [3.05, 3.63) is 42.6 Å². The van der Waals surface area contributed by atoms with E-state index in [-0.39, 0.29) is 4.90 Å². The Bertz CT molecular complexity index is 662. The van der Waals surface area contributed by atoms with Crippen molar-refractivity contribution in [1.29, 1.82) is 0 Å². The van der Waals surface area contributed by atoms with Crippen LogP contribution in [0.2, 0.25) is 0 Å². The first-order valence-corrected chi connectivity index (χ1v) is 7.10. The third-order valence-electron chi connectivity index (χ3n) is 2.75. The second-order valence-corrected chi connectivity index (χ2v) is 6.44. The van der Waals surface area contributed by atoms with E-state index in [4.69, 9.17) is 5.73 Å². The molecule has 6 heteroatoms. The Balaban J connectivity index is 2.36. The number of hydrogen-bond acceptors (Lipinski definition) is 4. The van der Waals surface area contributed by atoms with E-state index in [0.717, 1.165) is 11.1 Å². The molecule has 0 unspecified atom stereocenters. The molecule has 1 heterocycles. The summed E-state index contributed by atoms with van der Waals surface area (Å²) in [5.41, 5.74) is 7.31. The number of nitrogens with two attached hydrogens (primary N) is 1. The number of sulfonamides is 1. The van der Waals surface area contributed by atoms with E-state index in [9.17, 15) is 8.42 Å². The molecular formula is C13H15N3O2S. The molecule has 5 nitrogen and oxygen atoms in total. The van der Waals surface area contributed by atoms with Crippen LogP contribution in [0.25, 0.3) is 11.1 Å². The fourth-order valence-electron chi connectivity index (χ4n) is 1.61. The van der Waals surface area contributed by atoms with Crippen LogP contribution in [-0.2, 0) is 10.0 Å². The van der Waals surface area contributed by atoms with Crippen LogP contribution >= 0.6 is 0 Å². The highest BCUT2D eigenvalue weighted by Crippen LogP contribution is 2.22. The zero-order chi connectivity index (χ0) is 14.0. The molecule has 100 valence electrons. The average Bonchev–Trinajstić information content (AvgIpc) is 2.39. The summed E-state index contributed by atoms with van der Waals surface area (Å²) in [6, 6.07) is 10.2. The van der Waals surface area contributed by atoms with E-state index in [0.29, 0.717) is 5.82 Å². The molecule has 0 saturated carbocycles. The van der Waals surface area contributed by atoms with Crippen molar-refractivity contribution in [2.24, 2.45) is 0 Å². The molecule has 0 atom stereocenters. The zero-order valence-electron chi connectivity index (χ0n) is 10.7. The number of aromatic nitrogens is 1. The number of nitrogen functional groups attached to an aromatic ring is 1. The molecule has 2 rings (SSSR count). The minimum atomic E-state index is -3.38. The quantitative estimate of drug-likeness (QED) is 0.924. The monoisotopic (exact) mass is 277 g/mol. The fourth-order valence-corrected chi connectivity index (χ4v) is 2.51. The minimum Gasteiger partial charge on any atom is -0.384 e. The van der Waals surface area contributed by atoms with Gasteiger partial charge in [0.2, 0.25) is 10.0 Å². The van der Waals surface area contributed by atoms with Crippen molar-refractivity contribution in [3.63, 3.8) is 0 Å². The summed E-state index contributed by atoms with van der Waals surface area (Å²) >= 11 is 0. The number of benzene rings is 1. The Kier molecular flexibility index (Phi) is 3.55. The van der Waals surface area contributed by atoms with Crippen LogP contribution in [0, 0.1) is 0 Å². The van der Waals surface area contributed by atoms with Crippen molar-refractivity contribution in [2.45, 2.75) is 4.90 Å². The lowest BCUT2D eigenvalue weighted by Crippen LogP contribution is -2.22. The Morgan fingerprint density at radius 2 is 1.58 bits per heavy atom. The molecule has 0 fully saturated rings. The van der Waals surface area contributed by atoms with Gasteiger partial charge in [-0.05, 0) is 29.8 Å². The summed E-state index contributed by atoms with van der Waals surface area (Å²) in [5, 5.41) is 0. The molecule has 19 heavy (non-hydrogen) atoms. The lowest BCUT2D eigenvalue weighted by Gasteiger charge is -2.11. The third kappa shape index (κ3) is 2.74. The zero-order valence-corrected chi connectivity index (χ0v) is 11.6. The Morgan fingerprint density at radius 3 is 2.05 bits per heavy atom. The van der Waals surface area contributed by atoms with E-state index in [1.807, 2.05) is 6.07 Å². The first-order chi connectivity index (χ1) is 8.91. The summed E-state index contributed by atoms with van der Waals surface area (Å²) in [6.07, 6.45) is 1.66. The van der Waals surface area contributed by atoms with Crippen molar-refractivity contribution < 1.29 is 8.42 Å². The van der Waals surface area contributed by atoms with Crippen LogP contribution in [0.4, 0.5) is 5.82 Å². The van der Waals surface area contributed by atoms with Crippen molar-refractivity contribution >= 4 is 15.8 Å². The lowest BCUT2D eigenvalue weighted by molar-refractivity contribution is 0.521. The maximum absolute atomic E-state index is 11.9. The van der Waals surface area contributed by atoms with Crippen molar-refractivity contribution in [1.82, 2.24) is 9.29 Å². The van der Waals surface area contributed by atoms with Gasteiger partial charge in [0.05, 0.1) is 4.90 Å². The minimum absolute atomic E-state index is 0.268. The maximum atomic E-state index is 11.9. The summed E-state index contributed by atoms with van der Waals surface area (Å²) < 4.78 is 25.0. The first kappa shape index (κ1) is 13.5. The first-order valence-electron chi connectivity index (χ1n) is 5.66. The summed E-state index contributed by atoms with van der Waals surface area (Å²) in [5.74, 6) is 0.454. The van der Waals surface area contributed by atoms with Gasteiger partial charge in [-0.15, -0.1) is 0 Å². The predicted molar refractivity (Wildman–Crippen MR) is 75.0 cm³/mol. The average molecular weight is 277 g/mol. The summed E-state index contributed by atoms with van der Waals surface area (Å²) in [4.78, 5) is 4.27. The Labute approximate surface area is 112 Å². The molecule has 0 radical (unpaired) electrons. The topological polar surface area (TPSA) is 76.3 Å². The Morgan fingerprint density at radius 1 is 1.00 bits per heavy atom. The summed E-state index contributed by atoms with van der Waals surface area (Å²) in [7, 11) is -0.371. The number of nitrogens with zero attached hydrogens (tertiary/aromatic N) is 2. The van der Waals surface area contributed by atoms with Gasteiger partial charge in [-0.1, -0.05) is 12.1 Å². The van der Waals surface area contributed by atoms with E-state index < -0.39 is 10.0 Å². The van der Waals surface area contributed by atoms with Gasteiger partial charge in [-0.3, -0.25) is 0 Å². The van der Waals surface area contributed by atoms with Crippen LogP contribution in [-0.4, -0.2) is 31.8 Å². The third-order valence-corrected chi connectivity index (χ3v) is 4.58. The predicted octanol–water partition coefficient (Wildman–Crippen LogP) is 1.58. The van der Waals surface area contributed by atoms with Gasteiger partial charge in [-0.25, -0.2) is 17.7 Å². The molecular weight excluding hydrogens is 262 g/mol. The number of hydrogen-bond donors (Lipinski definition) is 1. The van der Waals surface area contributed by atoms with E-state index in [2.05, 4.69) is 4.98 Å². The standard InChI is InChI=1S/C13H15N3O2S/c1-16(2)19(17,18)12-6-3-10(4-7-12)11-5-8-13(14)15-9-11/h3-9H,1-2H3,(H2,14,15). The van der Waals surface area contributed by atoms with Gasteiger partial charge in [0.1, 0.15) is 5.82 Å². The van der Waals surface area contributed by atoms with E-state index >= 15 is 0 Å². The van der Waals surface area contributed by atoms with Crippen LogP contribution < -0.4 is 5.73 Å². The van der Waals surface area contributed by atoms with Gasteiger partial charge in [0, 0.05) is 25.9 Å². The molecule has 0 spiro atoms. The van der Waals surface area contributed by atoms with Gasteiger partial charge in [-0.2, -0.15) is 0 Å². The molecule has 0 aliphatic carbocycles. The second-order valence-electron chi connectivity index (χ2n) is 4.28. The maximum Gasteiger partial charge on any atom is 0.242 e. The highest BCUT2D eigenvalue weighted by molar-refractivity contribution is 7.89. The van der Waals surface area contributed by atoms with Crippen molar-refractivity contribution in [3.8, 4) is 11.1 Å². The summed E-state index contributed by atoms with van der Waals surface area (Å²) in [6.45, 7) is 0. The molecule has 0 bridgehead atoms. The number of pyridine rings is 1. The largest absolute Gasteiger partial charge is 0.384 e. The van der Waals surface area contributed by atoms with Crippen LogP contribution in [0.3, 0.4) is 0 Å². The molecule has 2 N–H and O–H groups in total.